The van der Waals surface area contributed by atoms with Crippen LogP contribution in [0.5, 0.6) is 5.75 Å². The molecule has 3 aromatic rings. The van der Waals surface area contributed by atoms with E-state index in [-0.39, 0.29) is 35.9 Å². The van der Waals surface area contributed by atoms with Gasteiger partial charge in [0.15, 0.2) is 5.60 Å². The van der Waals surface area contributed by atoms with Gasteiger partial charge in [-0.3, -0.25) is 4.79 Å². The van der Waals surface area contributed by atoms with Crippen LogP contribution in [-0.4, -0.2) is 50.8 Å². The number of phenolic OH excluding ortho intramolecular Hbond substituents is 1. The van der Waals surface area contributed by atoms with Gasteiger partial charge in [0.2, 0.25) is 0 Å². The zero-order chi connectivity index (χ0) is 22.9. The molecule has 166 valence electrons. The highest BCUT2D eigenvalue weighted by Gasteiger charge is 2.50. The van der Waals surface area contributed by atoms with E-state index in [9.17, 15) is 19.8 Å². The average Bonchev–Trinajstić information content (AvgIpc) is 3.13. The smallest absolute Gasteiger partial charge is 0.343 e. The van der Waals surface area contributed by atoms with E-state index in [1.54, 1.807) is 35.8 Å². The van der Waals surface area contributed by atoms with Crippen molar-refractivity contribution >= 4 is 16.9 Å². The maximum Gasteiger partial charge on any atom is 0.343 e. The average molecular weight is 435 g/mol. The minimum atomic E-state index is -1.90. The number of carbonyl (C=O) groups is 1. The number of ether oxygens (including phenoxy) is 1. The molecule has 0 amide bonds. The Kier molecular flexibility index (Phi) is 4.44. The predicted molar refractivity (Wildman–Crippen MR) is 118 cm³/mol. The monoisotopic (exact) mass is 435 g/mol. The zero-order valence-corrected chi connectivity index (χ0v) is 18.4. The molecular formula is C24H25N3O5. The van der Waals surface area contributed by atoms with Crippen molar-refractivity contribution in [2.45, 2.75) is 44.6 Å². The number of aliphatic hydroxyl groups is 1. The minimum absolute atomic E-state index is 0.0800. The fourth-order valence-electron chi connectivity index (χ4n) is 4.69. The number of fused-ring (bicyclic) bond motifs is 5. The summed E-state index contributed by atoms with van der Waals surface area (Å²) in [6, 6.07) is 8.39. The van der Waals surface area contributed by atoms with Crippen LogP contribution >= 0.6 is 0 Å². The van der Waals surface area contributed by atoms with Gasteiger partial charge in [-0.25, -0.2) is 9.78 Å². The first-order chi connectivity index (χ1) is 15.2. The number of carbonyl (C=O) groups excluding carboxylic acids is 1. The lowest BCUT2D eigenvalue weighted by atomic mass is 9.82. The first kappa shape index (κ1) is 20.7. The van der Waals surface area contributed by atoms with Crippen molar-refractivity contribution in [2.24, 2.45) is 0 Å². The van der Waals surface area contributed by atoms with Crippen LogP contribution < -0.4 is 5.56 Å². The highest BCUT2D eigenvalue weighted by atomic mass is 16.6. The number of likely N-dealkylation sites (N-methyl/N-ethyl adjacent to an activating group) is 1. The Morgan fingerprint density at radius 3 is 2.75 bits per heavy atom. The van der Waals surface area contributed by atoms with Gasteiger partial charge in [0, 0.05) is 22.6 Å². The summed E-state index contributed by atoms with van der Waals surface area (Å²) in [4.78, 5) is 33.2. The molecule has 0 saturated carbocycles. The van der Waals surface area contributed by atoms with Gasteiger partial charge < -0.3 is 24.4 Å². The van der Waals surface area contributed by atoms with Crippen LogP contribution in [0.3, 0.4) is 0 Å². The van der Waals surface area contributed by atoms with E-state index in [1.807, 2.05) is 32.0 Å². The lowest BCUT2D eigenvalue weighted by molar-refractivity contribution is -0.181. The molecule has 4 heterocycles. The zero-order valence-electron chi connectivity index (χ0n) is 18.4. The number of rotatable bonds is 3. The van der Waals surface area contributed by atoms with E-state index in [0.717, 1.165) is 5.56 Å². The minimum Gasteiger partial charge on any atom is -0.507 e. The molecule has 2 aliphatic heterocycles. The summed E-state index contributed by atoms with van der Waals surface area (Å²) in [5.74, 6) is -0.621. The topological polar surface area (TPSA) is 105 Å². The van der Waals surface area contributed by atoms with Crippen LogP contribution in [0.1, 0.15) is 43.1 Å². The standard InChI is InChI=1S/C24H25N3O5/c1-5-24(31)15-10-17-20-13(9-14-16(25-20)7-6-8-18(14)28)11-27(17)22(29)19(15)21(32-23(24)30)12(2)26(3)4/h6-10,12,21,28,31H,5,11H2,1-4H3/t12?,21?,24-/m0/s1. The fourth-order valence-corrected chi connectivity index (χ4v) is 4.69. The number of nitrogens with zero attached hydrogens (tertiary/aromatic N) is 3. The molecular weight excluding hydrogens is 410 g/mol. The van der Waals surface area contributed by atoms with E-state index >= 15 is 0 Å². The highest BCUT2D eigenvalue weighted by molar-refractivity contribution is 5.89. The predicted octanol–water partition coefficient (Wildman–Crippen LogP) is 2.28. The summed E-state index contributed by atoms with van der Waals surface area (Å²) < 4.78 is 7.25. The Balaban J connectivity index is 1.80. The number of aromatic hydroxyl groups is 1. The molecule has 0 bridgehead atoms. The van der Waals surface area contributed by atoms with Gasteiger partial charge in [-0.15, -0.1) is 0 Å². The van der Waals surface area contributed by atoms with Crippen molar-refractivity contribution < 1.29 is 19.7 Å². The van der Waals surface area contributed by atoms with E-state index in [2.05, 4.69) is 0 Å². The van der Waals surface area contributed by atoms with Crippen molar-refractivity contribution in [3.8, 4) is 17.1 Å². The van der Waals surface area contributed by atoms with Gasteiger partial charge in [-0.1, -0.05) is 13.0 Å². The Labute approximate surface area is 184 Å². The number of phenols is 1. The first-order valence-corrected chi connectivity index (χ1v) is 10.7. The van der Waals surface area contributed by atoms with Gasteiger partial charge in [0.25, 0.3) is 5.56 Å². The quantitative estimate of drug-likeness (QED) is 0.476. The molecule has 3 atom stereocenters. The van der Waals surface area contributed by atoms with Crippen molar-refractivity contribution in [3.63, 3.8) is 0 Å². The molecule has 0 aliphatic carbocycles. The molecule has 0 fully saturated rings. The fraction of sp³-hybridized carbons (Fsp3) is 0.375. The number of esters is 1. The summed E-state index contributed by atoms with van der Waals surface area (Å²) in [6.07, 6.45) is -0.721. The largest absolute Gasteiger partial charge is 0.507 e. The summed E-state index contributed by atoms with van der Waals surface area (Å²) in [7, 11) is 3.70. The van der Waals surface area contributed by atoms with Gasteiger partial charge >= 0.3 is 5.97 Å². The molecule has 2 N–H and O–H groups in total. The Hall–Kier alpha value is -3.23. The van der Waals surface area contributed by atoms with Crippen molar-refractivity contribution in [1.82, 2.24) is 14.5 Å². The number of hydrogen-bond acceptors (Lipinski definition) is 7. The van der Waals surface area contributed by atoms with Crippen molar-refractivity contribution in [3.05, 3.63) is 57.4 Å². The third-order valence-corrected chi connectivity index (χ3v) is 6.89. The number of aromatic nitrogens is 2. The van der Waals surface area contributed by atoms with Gasteiger partial charge in [-0.05, 0) is 51.7 Å². The molecule has 2 unspecified atom stereocenters. The molecule has 2 aromatic heterocycles. The van der Waals surface area contributed by atoms with Gasteiger partial charge in [0.05, 0.1) is 29.0 Å². The van der Waals surface area contributed by atoms with Crippen LogP contribution in [0.15, 0.2) is 35.1 Å². The van der Waals surface area contributed by atoms with Crippen LogP contribution in [0.4, 0.5) is 0 Å². The maximum atomic E-state index is 13.7. The van der Waals surface area contributed by atoms with Crippen molar-refractivity contribution in [1.29, 1.82) is 0 Å². The SMILES string of the molecule is CC[C@@]1(O)C(=O)OC(C(C)N(C)C)c2c1cc1n(c2=O)Cc2cc3c(O)cccc3nc2-1. The summed E-state index contributed by atoms with van der Waals surface area (Å²) in [5, 5.41) is 22.1. The highest BCUT2D eigenvalue weighted by Crippen LogP contribution is 2.43. The van der Waals surface area contributed by atoms with Crippen LogP contribution in [0.2, 0.25) is 0 Å². The molecule has 8 heteroatoms. The molecule has 5 rings (SSSR count). The molecule has 0 radical (unpaired) electrons. The molecule has 8 nitrogen and oxygen atoms in total. The van der Waals surface area contributed by atoms with Gasteiger partial charge in [-0.2, -0.15) is 0 Å². The number of hydrogen-bond donors (Lipinski definition) is 2. The van der Waals surface area contributed by atoms with Crippen molar-refractivity contribution in [2.75, 3.05) is 14.1 Å². The maximum absolute atomic E-state index is 13.7. The summed E-state index contributed by atoms with van der Waals surface area (Å²) in [5.41, 5.74) is 0.946. The Morgan fingerprint density at radius 1 is 1.31 bits per heavy atom. The molecule has 2 aliphatic rings. The normalized spacial score (nSPS) is 22.4. The molecule has 0 saturated heterocycles. The molecule has 32 heavy (non-hydrogen) atoms. The second-order valence-corrected chi connectivity index (χ2v) is 8.83. The van der Waals surface area contributed by atoms with Crippen LogP contribution in [0, 0.1) is 0 Å². The number of pyridine rings is 2. The lowest BCUT2D eigenvalue weighted by Crippen LogP contribution is -2.50. The summed E-state index contributed by atoms with van der Waals surface area (Å²) >= 11 is 0. The van der Waals surface area contributed by atoms with E-state index < -0.39 is 17.7 Å². The Morgan fingerprint density at radius 2 is 2.06 bits per heavy atom. The third-order valence-electron chi connectivity index (χ3n) is 6.89. The number of cyclic esters (lactones) is 1. The van der Waals surface area contributed by atoms with E-state index in [4.69, 9.17) is 9.72 Å². The number of benzene rings is 1. The summed E-state index contributed by atoms with van der Waals surface area (Å²) in [6.45, 7) is 3.85. The van der Waals surface area contributed by atoms with Crippen LogP contribution in [-0.2, 0) is 21.7 Å². The van der Waals surface area contributed by atoms with E-state index in [0.29, 0.717) is 27.9 Å². The second kappa shape index (κ2) is 6.88. The molecule has 0 spiro atoms. The third kappa shape index (κ3) is 2.66. The lowest BCUT2D eigenvalue weighted by Gasteiger charge is -2.39. The van der Waals surface area contributed by atoms with Gasteiger partial charge in [0.1, 0.15) is 11.9 Å². The first-order valence-electron chi connectivity index (χ1n) is 10.7. The van der Waals surface area contributed by atoms with Crippen LogP contribution in [0.25, 0.3) is 22.3 Å². The molecule has 1 aromatic carbocycles. The van der Waals surface area contributed by atoms with E-state index in [1.165, 1.54) is 0 Å². The Bertz CT molecular complexity index is 1350. The second-order valence-electron chi connectivity index (χ2n) is 8.83.